The van der Waals surface area contributed by atoms with E-state index in [2.05, 4.69) is 28.2 Å². The van der Waals surface area contributed by atoms with E-state index in [1.165, 1.54) is 12.8 Å². The molecule has 2 saturated heterocycles. The minimum absolute atomic E-state index is 0.204. The van der Waals surface area contributed by atoms with E-state index in [-0.39, 0.29) is 10.6 Å². The van der Waals surface area contributed by atoms with Crippen LogP contribution in [0.1, 0.15) is 51.1 Å². The Balaban J connectivity index is 1.47. The van der Waals surface area contributed by atoms with Gasteiger partial charge in [-0.05, 0) is 70.0 Å². The largest absolute Gasteiger partial charge is 0.419 e. The minimum atomic E-state index is -3.51. The lowest BCUT2D eigenvalue weighted by atomic mass is 10.2. The summed E-state index contributed by atoms with van der Waals surface area (Å²) in [5.41, 5.74) is 0.840. The molecule has 2 aromatic rings. The number of rotatable bonds is 7. The van der Waals surface area contributed by atoms with Crippen LogP contribution in [-0.2, 0) is 10.0 Å². The first-order valence-electron chi connectivity index (χ1n) is 11.5. The molecule has 172 valence electrons. The SMILES string of the molecule is CC(CNc1oc(-c2ccc(S(=O)(=O)N3CCCCCC3)cc2)nc1C#N)N1CCCC1. The standard InChI is InChI=1S/C23H31N5O3S/c1-18(27-12-6-7-13-27)17-25-23-21(16-24)26-22(31-23)19-8-10-20(11-9-19)32(29,30)28-14-4-2-3-5-15-28/h8-11,18,25H,2-7,12-15,17H2,1H3. The lowest BCUT2D eigenvalue weighted by molar-refractivity contribution is 0.268. The average molecular weight is 458 g/mol. The zero-order valence-corrected chi connectivity index (χ0v) is 19.4. The molecule has 32 heavy (non-hydrogen) atoms. The zero-order valence-electron chi connectivity index (χ0n) is 18.6. The van der Waals surface area contributed by atoms with E-state index in [9.17, 15) is 13.7 Å². The first-order valence-corrected chi connectivity index (χ1v) is 12.9. The number of hydrogen-bond acceptors (Lipinski definition) is 7. The molecule has 2 aliphatic heterocycles. The summed E-state index contributed by atoms with van der Waals surface area (Å²) in [6, 6.07) is 8.98. The van der Waals surface area contributed by atoms with E-state index >= 15 is 0 Å². The molecule has 1 N–H and O–H groups in total. The Labute approximate surface area is 190 Å². The van der Waals surface area contributed by atoms with E-state index in [0.717, 1.165) is 38.8 Å². The molecule has 0 aliphatic carbocycles. The fourth-order valence-corrected chi connectivity index (χ4v) is 5.91. The highest BCUT2D eigenvalue weighted by atomic mass is 32.2. The number of benzene rings is 1. The normalized spacial score (nSPS) is 19.4. The van der Waals surface area contributed by atoms with Gasteiger partial charge in [-0.3, -0.25) is 4.90 Å². The maximum atomic E-state index is 13.0. The van der Waals surface area contributed by atoms with Crippen LogP contribution >= 0.6 is 0 Å². The van der Waals surface area contributed by atoms with Crippen LogP contribution in [0.25, 0.3) is 11.5 Å². The number of nitrogens with one attached hydrogen (secondary N) is 1. The highest BCUT2D eigenvalue weighted by Crippen LogP contribution is 2.28. The predicted molar refractivity (Wildman–Crippen MR) is 123 cm³/mol. The number of anilines is 1. The Morgan fingerprint density at radius 3 is 2.31 bits per heavy atom. The molecule has 1 aromatic heterocycles. The number of oxazole rings is 1. The second-order valence-electron chi connectivity index (χ2n) is 8.62. The van der Waals surface area contributed by atoms with Crippen molar-refractivity contribution in [1.29, 1.82) is 5.26 Å². The van der Waals surface area contributed by atoms with Gasteiger partial charge in [0.25, 0.3) is 0 Å². The van der Waals surface area contributed by atoms with Gasteiger partial charge in [0, 0.05) is 31.2 Å². The first-order chi connectivity index (χ1) is 15.5. The van der Waals surface area contributed by atoms with Crippen LogP contribution in [0.2, 0.25) is 0 Å². The summed E-state index contributed by atoms with van der Waals surface area (Å²) in [6.45, 7) is 6.16. The Bertz CT molecular complexity index is 1040. The molecule has 2 aliphatic rings. The van der Waals surface area contributed by atoms with Gasteiger partial charge in [0.15, 0.2) is 0 Å². The predicted octanol–water partition coefficient (Wildman–Crippen LogP) is 3.67. The van der Waals surface area contributed by atoms with Crippen LogP contribution < -0.4 is 5.32 Å². The third-order valence-electron chi connectivity index (χ3n) is 6.36. The first kappa shape index (κ1) is 22.8. The van der Waals surface area contributed by atoms with Crippen molar-refractivity contribution in [3.05, 3.63) is 30.0 Å². The summed E-state index contributed by atoms with van der Waals surface area (Å²) in [4.78, 5) is 6.99. The molecule has 0 bridgehead atoms. The second kappa shape index (κ2) is 10.0. The summed E-state index contributed by atoms with van der Waals surface area (Å²) in [7, 11) is -3.51. The third kappa shape index (κ3) is 4.98. The van der Waals surface area contributed by atoms with Crippen molar-refractivity contribution < 1.29 is 12.8 Å². The summed E-state index contributed by atoms with van der Waals surface area (Å²) in [6.07, 6.45) is 6.40. The maximum absolute atomic E-state index is 13.0. The summed E-state index contributed by atoms with van der Waals surface area (Å²) < 4.78 is 33.4. The van der Waals surface area contributed by atoms with Crippen LogP contribution in [0.5, 0.6) is 0 Å². The lowest BCUT2D eigenvalue weighted by Crippen LogP contribution is -2.35. The van der Waals surface area contributed by atoms with Crippen molar-refractivity contribution in [2.75, 3.05) is 38.0 Å². The van der Waals surface area contributed by atoms with E-state index < -0.39 is 10.0 Å². The monoisotopic (exact) mass is 457 g/mol. The smallest absolute Gasteiger partial charge is 0.243 e. The van der Waals surface area contributed by atoms with Crippen LogP contribution in [0.4, 0.5) is 5.88 Å². The van der Waals surface area contributed by atoms with Gasteiger partial charge < -0.3 is 9.73 Å². The maximum Gasteiger partial charge on any atom is 0.243 e. The van der Waals surface area contributed by atoms with Gasteiger partial charge in [-0.25, -0.2) is 8.42 Å². The zero-order chi connectivity index (χ0) is 22.6. The summed E-state index contributed by atoms with van der Waals surface area (Å²) in [5.74, 6) is 0.659. The fourth-order valence-electron chi connectivity index (χ4n) is 4.39. The number of aromatic nitrogens is 1. The van der Waals surface area contributed by atoms with Crippen LogP contribution in [0.15, 0.2) is 33.6 Å². The molecular weight excluding hydrogens is 426 g/mol. The Morgan fingerprint density at radius 1 is 1.06 bits per heavy atom. The molecule has 8 nitrogen and oxygen atoms in total. The molecular formula is C23H31N5O3S. The van der Waals surface area contributed by atoms with E-state index in [0.29, 0.717) is 43.0 Å². The van der Waals surface area contributed by atoms with Crippen LogP contribution in [0.3, 0.4) is 0 Å². The van der Waals surface area contributed by atoms with Crippen molar-refractivity contribution in [2.24, 2.45) is 0 Å². The molecule has 0 spiro atoms. The number of nitriles is 1. The van der Waals surface area contributed by atoms with Gasteiger partial charge in [0.05, 0.1) is 4.90 Å². The summed E-state index contributed by atoms with van der Waals surface area (Å²) >= 11 is 0. The van der Waals surface area contributed by atoms with Crippen LogP contribution in [0, 0.1) is 11.3 Å². The quantitative estimate of drug-likeness (QED) is 0.677. The molecule has 0 radical (unpaired) electrons. The number of likely N-dealkylation sites (tertiary alicyclic amines) is 1. The highest BCUT2D eigenvalue weighted by molar-refractivity contribution is 7.89. The number of hydrogen-bond donors (Lipinski definition) is 1. The highest BCUT2D eigenvalue weighted by Gasteiger charge is 2.25. The molecule has 1 atom stereocenters. The van der Waals surface area contributed by atoms with Gasteiger partial charge >= 0.3 is 0 Å². The molecule has 4 rings (SSSR count). The molecule has 0 saturated carbocycles. The molecule has 3 heterocycles. The molecule has 0 amide bonds. The van der Waals surface area contributed by atoms with Gasteiger partial charge in [-0.2, -0.15) is 14.6 Å². The van der Waals surface area contributed by atoms with Crippen molar-refractivity contribution in [3.8, 4) is 17.5 Å². The van der Waals surface area contributed by atoms with Gasteiger partial charge in [0.2, 0.25) is 27.5 Å². The van der Waals surface area contributed by atoms with Gasteiger partial charge in [0.1, 0.15) is 6.07 Å². The third-order valence-corrected chi connectivity index (χ3v) is 8.27. The van der Waals surface area contributed by atoms with Crippen molar-refractivity contribution in [3.63, 3.8) is 0 Å². The molecule has 1 unspecified atom stereocenters. The van der Waals surface area contributed by atoms with Crippen molar-refractivity contribution >= 4 is 15.9 Å². The van der Waals surface area contributed by atoms with Crippen LogP contribution in [-0.4, -0.2) is 61.4 Å². The second-order valence-corrected chi connectivity index (χ2v) is 10.6. The Hall–Kier alpha value is -2.41. The molecule has 1 aromatic carbocycles. The minimum Gasteiger partial charge on any atom is -0.419 e. The summed E-state index contributed by atoms with van der Waals surface area (Å²) in [5, 5.41) is 12.7. The topological polar surface area (TPSA) is 102 Å². The van der Waals surface area contributed by atoms with E-state index in [4.69, 9.17) is 4.42 Å². The van der Waals surface area contributed by atoms with E-state index in [1.807, 2.05) is 0 Å². The number of sulfonamides is 1. The van der Waals surface area contributed by atoms with Gasteiger partial charge in [-0.1, -0.05) is 12.8 Å². The average Bonchev–Trinajstić information content (AvgIpc) is 3.41. The van der Waals surface area contributed by atoms with Crippen molar-refractivity contribution in [2.45, 2.75) is 56.4 Å². The lowest BCUT2D eigenvalue weighted by Gasteiger charge is -2.23. The van der Waals surface area contributed by atoms with Gasteiger partial charge in [-0.15, -0.1) is 0 Å². The molecule has 9 heteroatoms. The Kier molecular flexibility index (Phi) is 7.13. The molecule has 2 fully saturated rings. The van der Waals surface area contributed by atoms with E-state index in [1.54, 1.807) is 28.6 Å². The fraction of sp³-hybridized carbons (Fsp3) is 0.565. The Morgan fingerprint density at radius 2 is 1.69 bits per heavy atom. The number of nitrogens with zero attached hydrogens (tertiary/aromatic N) is 4. The van der Waals surface area contributed by atoms with Crippen molar-refractivity contribution in [1.82, 2.24) is 14.2 Å².